The second kappa shape index (κ2) is 11.8. The Morgan fingerprint density at radius 2 is 0.945 bits per heavy atom. The zero-order valence-corrected chi connectivity index (χ0v) is 29.5. The molecule has 0 bridgehead atoms. The number of nitriles is 1. The third-order valence-electron chi connectivity index (χ3n) is 11.1. The second-order valence-electron chi connectivity index (χ2n) is 14.0. The summed E-state index contributed by atoms with van der Waals surface area (Å²) in [5.41, 5.74) is 12.5. The fourth-order valence-corrected chi connectivity index (χ4v) is 8.74. The first kappa shape index (κ1) is 30.7. The van der Waals surface area contributed by atoms with Crippen LogP contribution < -0.4 is 0 Å². The molecule has 0 radical (unpaired) electrons. The quantitative estimate of drug-likeness (QED) is 0.169. The van der Waals surface area contributed by atoms with Crippen LogP contribution in [0.3, 0.4) is 0 Å². The smallest absolute Gasteiger partial charge is 0.211 e. The summed E-state index contributed by atoms with van der Waals surface area (Å²) in [7, 11) is 0. The number of benzene rings is 8. The molecule has 0 spiro atoms. The zero-order chi connectivity index (χ0) is 36.6. The maximum atomic E-state index is 9.74. The minimum atomic E-state index is 0.540. The summed E-state index contributed by atoms with van der Waals surface area (Å²) in [5, 5.41) is 16.7. The van der Waals surface area contributed by atoms with Crippen LogP contribution in [0.2, 0.25) is 0 Å². The minimum absolute atomic E-state index is 0.540. The normalized spacial score (nSPS) is 11.6. The van der Waals surface area contributed by atoms with Crippen molar-refractivity contribution in [2.45, 2.75) is 0 Å². The number of rotatable bonds is 4. The highest BCUT2D eigenvalue weighted by Crippen LogP contribution is 2.41. The van der Waals surface area contributed by atoms with Gasteiger partial charge in [0.25, 0.3) is 0 Å². The van der Waals surface area contributed by atoms with Crippen molar-refractivity contribution in [2.75, 3.05) is 0 Å². The SMILES string of the molecule is [C-]#[N+]c1cc(-c2cccc(-n3c4ccccc4c4cccc(-n5c6ccccc6c6ccccc65)c43)c2)ccc1-n1c2ccccc2c2ccc(C#N)cc21. The van der Waals surface area contributed by atoms with E-state index in [1.54, 1.807) is 0 Å². The molecular weight excluding hydrogens is 671 g/mol. The van der Waals surface area contributed by atoms with Crippen molar-refractivity contribution in [3.63, 3.8) is 0 Å². The molecule has 5 heteroatoms. The van der Waals surface area contributed by atoms with E-state index in [4.69, 9.17) is 6.57 Å². The number of fused-ring (bicyclic) bond motifs is 9. The van der Waals surface area contributed by atoms with Crippen molar-refractivity contribution < 1.29 is 0 Å². The van der Waals surface area contributed by atoms with Gasteiger partial charge in [0, 0.05) is 38.0 Å². The fraction of sp³-hybridized carbons (Fsp3) is 0. The molecule has 0 aliphatic carbocycles. The van der Waals surface area contributed by atoms with Gasteiger partial charge in [0.2, 0.25) is 5.69 Å². The summed E-state index contributed by atoms with van der Waals surface area (Å²) in [6.07, 6.45) is 0. The maximum Gasteiger partial charge on any atom is 0.211 e. The number of hydrogen-bond donors (Lipinski definition) is 0. The van der Waals surface area contributed by atoms with Crippen LogP contribution in [-0.4, -0.2) is 13.7 Å². The predicted molar refractivity (Wildman–Crippen MR) is 226 cm³/mol. The van der Waals surface area contributed by atoms with Gasteiger partial charge in [-0.05, 0) is 77.9 Å². The Kier molecular flexibility index (Phi) is 6.61. The van der Waals surface area contributed by atoms with Crippen molar-refractivity contribution >= 4 is 71.1 Å². The number of nitrogens with zero attached hydrogens (tertiary/aromatic N) is 5. The van der Waals surface area contributed by atoms with Crippen LogP contribution in [0.15, 0.2) is 176 Å². The molecule has 11 rings (SSSR count). The van der Waals surface area contributed by atoms with Gasteiger partial charge in [0.1, 0.15) is 0 Å². The van der Waals surface area contributed by atoms with Gasteiger partial charge in [0.05, 0.1) is 62.7 Å². The minimum Gasteiger partial charge on any atom is -0.319 e. The Labute approximate surface area is 316 Å². The standard InChI is InChI=1S/C50H29N5/c1-52-42-30-34(25-27-47(42)55-46-22-9-4-16-38(46)40-26-24-32(31-51)28-49(40)55)33-12-10-13-35(29-33)53-43-19-6-5-17-39(43)41-18-11-23-48(50(41)53)54-44-20-7-2-14-36(44)37-15-3-8-21-45(37)54/h2-30H. The number of para-hydroxylation sites is 5. The molecule has 0 unspecified atom stereocenters. The van der Waals surface area contributed by atoms with E-state index in [2.05, 4.69) is 158 Å². The van der Waals surface area contributed by atoms with Gasteiger partial charge < -0.3 is 13.7 Å². The van der Waals surface area contributed by atoms with Crippen LogP contribution in [0.25, 0.3) is 98.5 Å². The Morgan fingerprint density at radius 1 is 0.418 bits per heavy atom. The van der Waals surface area contributed by atoms with E-state index in [0.29, 0.717) is 11.3 Å². The lowest BCUT2D eigenvalue weighted by molar-refractivity contribution is 1.13. The molecular formula is C50H29N5. The van der Waals surface area contributed by atoms with E-state index in [0.717, 1.165) is 61.0 Å². The molecule has 55 heavy (non-hydrogen) atoms. The first-order valence-corrected chi connectivity index (χ1v) is 18.3. The topological polar surface area (TPSA) is 42.9 Å². The van der Waals surface area contributed by atoms with Crippen molar-refractivity contribution in [2.24, 2.45) is 0 Å². The summed E-state index contributed by atoms with van der Waals surface area (Å²) < 4.78 is 6.91. The van der Waals surface area contributed by atoms with Crippen molar-refractivity contribution in [3.05, 3.63) is 193 Å². The van der Waals surface area contributed by atoms with Crippen LogP contribution >= 0.6 is 0 Å². The van der Waals surface area contributed by atoms with E-state index in [9.17, 15) is 5.26 Å². The molecule has 0 aliphatic heterocycles. The Hall–Kier alpha value is -7.86. The van der Waals surface area contributed by atoms with Gasteiger partial charge in [0.15, 0.2) is 0 Å². The Balaban J connectivity index is 1.12. The summed E-state index contributed by atoms with van der Waals surface area (Å²) in [5.74, 6) is 0. The third-order valence-corrected chi connectivity index (χ3v) is 11.1. The van der Waals surface area contributed by atoms with Crippen molar-refractivity contribution in [3.8, 4) is 34.3 Å². The lowest BCUT2D eigenvalue weighted by Crippen LogP contribution is -2.01. The highest BCUT2D eigenvalue weighted by Gasteiger charge is 2.21. The largest absolute Gasteiger partial charge is 0.319 e. The third kappa shape index (κ3) is 4.45. The van der Waals surface area contributed by atoms with E-state index in [1.807, 2.05) is 42.5 Å². The van der Waals surface area contributed by atoms with E-state index in [1.165, 1.54) is 32.6 Å². The van der Waals surface area contributed by atoms with E-state index < -0.39 is 0 Å². The summed E-state index contributed by atoms with van der Waals surface area (Å²) in [6.45, 7) is 8.34. The second-order valence-corrected chi connectivity index (χ2v) is 14.0. The van der Waals surface area contributed by atoms with Crippen LogP contribution in [0.4, 0.5) is 5.69 Å². The molecule has 254 valence electrons. The highest BCUT2D eigenvalue weighted by atomic mass is 15.1. The first-order valence-electron chi connectivity index (χ1n) is 18.3. The van der Waals surface area contributed by atoms with Gasteiger partial charge in [-0.25, -0.2) is 4.85 Å². The molecule has 0 atom stereocenters. The predicted octanol–water partition coefficient (Wildman–Crippen LogP) is 13.1. The van der Waals surface area contributed by atoms with Crippen molar-refractivity contribution in [1.82, 2.24) is 13.7 Å². The van der Waals surface area contributed by atoms with Gasteiger partial charge >= 0.3 is 0 Å². The first-order chi connectivity index (χ1) is 27.2. The molecule has 0 amide bonds. The van der Waals surface area contributed by atoms with Gasteiger partial charge in [-0.1, -0.05) is 109 Å². The highest BCUT2D eigenvalue weighted by molar-refractivity contribution is 6.15. The molecule has 0 N–H and O–H groups in total. The molecule has 0 aliphatic rings. The lowest BCUT2D eigenvalue weighted by Gasteiger charge is -2.16. The fourth-order valence-electron chi connectivity index (χ4n) is 8.74. The molecule has 0 saturated heterocycles. The summed E-state index contributed by atoms with van der Waals surface area (Å²) in [4.78, 5) is 4.07. The average molecular weight is 700 g/mol. The van der Waals surface area contributed by atoms with Crippen LogP contribution in [0.5, 0.6) is 0 Å². The van der Waals surface area contributed by atoms with Crippen LogP contribution in [0.1, 0.15) is 5.56 Å². The number of hydrogen-bond acceptors (Lipinski definition) is 1. The van der Waals surface area contributed by atoms with Crippen LogP contribution in [0, 0.1) is 17.9 Å². The monoisotopic (exact) mass is 699 g/mol. The summed E-state index contributed by atoms with van der Waals surface area (Å²) >= 11 is 0. The molecule has 0 fully saturated rings. The molecule has 8 aromatic carbocycles. The molecule has 5 nitrogen and oxygen atoms in total. The molecule has 0 saturated carbocycles. The Morgan fingerprint density at radius 3 is 1.58 bits per heavy atom. The van der Waals surface area contributed by atoms with Gasteiger partial charge in [-0.2, -0.15) is 5.26 Å². The molecule has 11 aromatic rings. The van der Waals surface area contributed by atoms with Gasteiger partial charge in [-0.3, -0.25) is 0 Å². The maximum absolute atomic E-state index is 9.74. The molecule has 3 aromatic heterocycles. The zero-order valence-electron chi connectivity index (χ0n) is 29.5. The summed E-state index contributed by atoms with van der Waals surface area (Å²) in [6, 6.07) is 63.6. The lowest BCUT2D eigenvalue weighted by atomic mass is 10.0. The van der Waals surface area contributed by atoms with Crippen molar-refractivity contribution in [1.29, 1.82) is 5.26 Å². The van der Waals surface area contributed by atoms with E-state index >= 15 is 0 Å². The molecule has 3 heterocycles. The average Bonchev–Trinajstić information content (AvgIpc) is 3.89. The van der Waals surface area contributed by atoms with E-state index in [-0.39, 0.29) is 0 Å². The van der Waals surface area contributed by atoms with Gasteiger partial charge in [-0.15, -0.1) is 0 Å². The number of aromatic nitrogens is 3. The Bertz CT molecular complexity index is 3420. The van der Waals surface area contributed by atoms with Crippen LogP contribution in [-0.2, 0) is 0 Å².